The molecule has 0 saturated heterocycles. The van der Waals surface area contributed by atoms with Gasteiger partial charge in [0.1, 0.15) is 0 Å². The molecule has 1 aliphatic carbocycles. The summed E-state index contributed by atoms with van der Waals surface area (Å²) in [4.78, 5) is 15.6. The summed E-state index contributed by atoms with van der Waals surface area (Å²) in [6.45, 7) is 0.402. The summed E-state index contributed by atoms with van der Waals surface area (Å²) in [5.74, 6) is -1.85. The highest BCUT2D eigenvalue weighted by Gasteiger charge is 2.30. The highest BCUT2D eigenvalue weighted by atomic mass is 32.1. The Labute approximate surface area is 143 Å². The van der Waals surface area contributed by atoms with Crippen molar-refractivity contribution in [3.8, 4) is 5.75 Å². The Balaban J connectivity index is 1.90. The van der Waals surface area contributed by atoms with Gasteiger partial charge in [0.25, 0.3) is 5.91 Å². The van der Waals surface area contributed by atoms with Crippen molar-refractivity contribution in [3.05, 3.63) is 64.1 Å². The van der Waals surface area contributed by atoms with Crippen LogP contribution in [-0.4, -0.2) is 33.7 Å². The number of halogens is 1. The van der Waals surface area contributed by atoms with Crippen molar-refractivity contribution in [1.29, 1.82) is 0 Å². The molecule has 1 amide bonds. The quantitative estimate of drug-likeness (QED) is 0.817. The number of amides is 1. The molecule has 4 nitrogen and oxygen atoms in total. The van der Waals surface area contributed by atoms with Crippen LogP contribution in [0.2, 0.25) is 0 Å². The largest absolute Gasteiger partial charge is 0.504 e. The number of benzene rings is 1. The molecule has 2 N–H and O–H groups in total. The van der Waals surface area contributed by atoms with Gasteiger partial charge in [-0.15, -0.1) is 11.3 Å². The molecule has 2 atom stereocenters. The van der Waals surface area contributed by atoms with E-state index < -0.39 is 17.5 Å². The van der Waals surface area contributed by atoms with Gasteiger partial charge in [0.05, 0.1) is 18.2 Å². The normalized spacial score (nSPS) is 19.6. The average molecular weight is 347 g/mol. The van der Waals surface area contributed by atoms with E-state index in [1.807, 2.05) is 29.7 Å². The Hall–Kier alpha value is -2.18. The highest BCUT2D eigenvalue weighted by molar-refractivity contribution is 7.09. The van der Waals surface area contributed by atoms with Crippen molar-refractivity contribution in [2.24, 2.45) is 5.92 Å². The molecular weight excluding hydrogens is 329 g/mol. The summed E-state index contributed by atoms with van der Waals surface area (Å²) in [6, 6.07) is 7.59. The number of thiophene rings is 1. The first-order valence-electron chi connectivity index (χ1n) is 7.70. The third kappa shape index (κ3) is 3.34. The van der Waals surface area contributed by atoms with E-state index in [4.69, 9.17) is 0 Å². The van der Waals surface area contributed by atoms with Gasteiger partial charge in [-0.2, -0.15) is 0 Å². The third-order valence-electron chi connectivity index (χ3n) is 4.17. The van der Waals surface area contributed by atoms with Crippen LogP contribution in [0.5, 0.6) is 5.75 Å². The summed E-state index contributed by atoms with van der Waals surface area (Å²) in [6.07, 6.45) is 4.40. The number of aromatic hydroxyl groups is 1. The molecule has 1 aliphatic rings. The highest BCUT2D eigenvalue weighted by Crippen LogP contribution is 2.29. The van der Waals surface area contributed by atoms with Crippen molar-refractivity contribution in [1.82, 2.24) is 4.90 Å². The molecule has 6 heteroatoms. The number of phenols is 1. The van der Waals surface area contributed by atoms with Gasteiger partial charge in [-0.3, -0.25) is 4.79 Å². The number of hydrogen-bond donors (Lipinski definition) is 2. The first-order chi connectivity index (χ1) is 11.6. The molecular formula is C18H18FNO3S. The minimum atomic E-state index is -0.813. The maximum atomic E-state index is 13.6. The van der Waals surface area contributed by atoms with E-state index in [0.29, 0.717) is 13.0 Å². The van der Waals surface area contributed by atoms with Gasteiger partial charge in [0, 0.05) is 17.4 Å². The molecule has 1 heterocycles. The summed E-state index contributed by atoms with van der Waals surface area (Å²) >= 11 is 1.53. The van der Waals surface area contributed by atoms with E-state index in [1.54, 1.807) is 4.90 Å². The summed E-state index contributed by atoms with van der Waals surface area (Å²) in [5, 5.41) is 21.2. The van der Waals surface area contributed by atoms with Crippen molar-refractivity contribution in [2.75, 3.05) is 6.61 Å². The average Bonchev–Trinajstić information content (AvgIpc) is 3.25. The first-order valence-corrected chi connectivity index (χ1v) is 8.58. The Morgan fingerprint density at radius 2 is 2.12 bits per heavy atom. The lowest BCUT2D eigenvalue weighted by Gasteiger charge is -2.28. The lowest BCUT2D eigenvalue weighted by atomic mass is 10.1. The minimum Gasteiger partial charge on any atom is -0.504 e. The number of phenolic OH excluding ortho intramolecular Hbond substituents is 1. The van der Waals surface area contributed by atoms with Gasteiger partial charge in [-0.05, 0) is 30.0 Å². The fourth-order valence-electron chi connectivity index (χ4n) is 2.87. The second kappa shape index (κ2) is 7.15. The van der Waals surface area contributed by atoms with Gasteiger partial charge in [0.2, 0.25) is 0 Å². The maximum Gasteiger partial charge on any atom is 0.258 e. The molecule has 0 bridgehead atoms. The van der Waals surface area contributed by atoms with E-state index in [1.165, 1.54) is 23.5 Å². The standard InChI is InChI=1S/C18H18FNO3S/c19-16-5-1-4-15(17(16)22)18(23)20(10-14-3-2-8-24-14)13-7-6-12(9-13)11-21/h1-8,12-13,21-22H,9-11H2/t12-,13+/m0/s1. The predicted molar refractivity (Wildman–Crippen MR) is 90.4 cm³/mol. The van der Waals surface area contributed by atoms with Crippen LogP contribution in [0.4, 0.5) is 4.39 Å². The molecule has 3 rings (SSSR count). The van der Waals surface area contributed by atoms with Crippen molar-refractivity contribution >= 4 is 17.2 Å². The smallest absolute Gasteiger partial charge is 0.258 e. The zero-order valence-corrected chi connectivity index (χ0v) is 13.7. The van der Waals surface area contributed by atoms with Gasteiger partial charge in [0.15, 0.2) is 11.6 Å². The Morgan fingerprint density at radius 3 is 2.79 bits per heavy atom. The zero-order valence-electron chi connectivity index (χ0n) is 12.9. The van der Waals surface area contributed by atoms with E-state index in [2.05, 4.69) is 0 Å². The minimum absolute atomic E-state index is 0.00902. The van der Waals surface area contributed by atoms with Crippen molar-refractivity contribution < 1.29 is 19.4 Å². The molecule has 24 heavy (non-hydrogen) atoms. The SMILES string of the molecule is O=C(c1cccc(F)c1O)N(Cc1cccs1)[C@@H]1C=C[C@H](CO)C1. The fourth-order valence-corrected chi connectivity index (χ4v) is 3.57. The molecule has 0 fully saturated rings. The monoisotopic (exact) mass is 347 g/mol. The molecule has 1 aromatic carbocycles. The molecule has 0 aliphatic heterocycles. The maximum absolute atomic E-state index is 13.6. The van der Waals surface area contributed by atoms with Crippen LogP contribution in [0.15, 0.2) is 47.9 Å². The van der Waals surface area contributed by atoms with E-state index >= 15 is 0 Å². The van der Waals surface area contributed by atoms with Crippen LogP contribution in [0.1, 0.15) is 21.7 Å². The number of hydrogen-bond acceptors (Lipinski definition) is 4. The molecule has 1 aromatic heterocycles. The number of carbonyl (C=O) groups is 1. The lowest BCUT2D eigenvalue weighted by molar-refractivity contribution is 0.0682. The second-order valence-corrected chi connectivity index (χ2v) is 6.81. The summed E-state index contributed by atoms with van der Waals surface area (Å²) in [7, 11) is 0. The first kappa shape index (κ1) is 16.7. The van der Waals surface area contributed by atoms with Crippen molar-refractivity contribution in [3.63, 3.8) is 0 Å². The predicted octanol–water partition coefficient (Wildman–Crippen LogP) is 3.17. The molecule has 0 spiro atoms. The summed E-state index contributed by atoms with van der Waals surface area (Å²) < 4.78 is 13.6. The van der Waals surface area contributed by atoms with Crippen LogP contribution in [0.3, 0.4) is 0 Å². The molecule has 2 aromatic rings. The Kier molecular flexibility index (Phi) is 4.97. The molecule has 0 saturated carbocycles. The van der Waals surface area contributed by atoms with E-state index in [9.17, 15) is 19.4 Å². The second-order valence-electron chi connectivity index (χ2n) is 5.78. The number of rotatable bonds is 5. The van der Waals surface area contributed by atoms with Gasteiger partial charge >= 0.3 is 0 Å². The fraction of sp³-hybridized carbons (Fsp3) is 0.278. The number of aliphatic hydroxyl groups is 1. The van der Waals surface area contributed by atoms with Crippen LogP contribution in [0.25, 0.3) is 0 Å². The number of para-hydroxylation sites is 1. The summed E-state index contributed by atoms with van der Waals surface area (Å²) in [5.41, 5.74) is -0.0487. The van der Waals surface area contributed by atoms with E-state index in [0.717, 1.165) is 10.9 Å². The van der Waals surface area contributed by atoms with Crippen LogP contribution < -0.4 is 0 Å². The third-order valence-corrected chi connectivity index (χ3v) is 5.03. The number of carbonyl (C=O) groups excluding carboxylic acids is 1. The van der Waals surface area contributed by atoms with Crippen molar-refractivity contribution in [2.45, 2.75) is 19.0 Å². The molecule has 0 radical (unpaired) electrons. The van der Waals surface area contributed by atoms with Crippen LogP contribution >= 0.6 is 11.3 Å². The van der Waals surface area contributed by atoms with Gasteiger partial charge in [-0.1, -0.05) is 24.3 Å². The molecule has 0 unspecified atom stereocenters. The topological polar surface area (TPSA) is 60.8 Å². The van der Waals surface area contributed by atoms with Crippen LogP contribution in [-0.2, 0) is 6.54 Å². The van der Waals surface area contributed by atoms with Gasteiger partial charge < -0.3 is 15.1 Å². The number of aliphatic hydroxyl groups excluding tert-OH is 1. The number of nitrogens with zero attached hydrogens (tertiary/aromatic N) is 1. The van der Waals surface area contributed by atoms with Crippen LogP contribution in [0, 0.1) is 11.7 Å². The lowest BCUT2D eigenvalue weighted by Crippen LogP contribution is -2.38. The Bertz CT molecular complexity index is 745. The Morgan fingerprint density at radius 1 is 1.29 bits per heavy atom. The zero-order chi connectivity index (χ0) is 17.1. The van der Waals surface area contributed by atoms with Gasteiger partial charge in [-0.25, -0.2) is 4.39 Å². The van der Waals surface area contributed by atoms with E-state index in [-0.39, 0.29) is 24.1 Å². The molecule has 126 valence electrons.